The highest BCUT2D eigenvalue weighted by Gasteiger charge is 2.42. The lowest BCUT2D eigenvalue weighted by atomic mass is 9.64. The van der Waals surface area contributed by atoms with Crippen LogP contribution in [0.5, 0.6) is 0 Å². The van der Waals surface area contributed by atoms with Crippen molar-refractivity contribution in [3.63, 3.8) is 0 Å². The smallest absolute Gasteiger partial charge is 0.252 e. The third-order valence-electron chi connectivity index (χ3n) is 7.59. The Morgan fingerprint density at radius 1 is 0.800 bits per heavy atom. The van der Waals surface area contributed by atoms with Crippen LogP contribution in [0.1, 0.15) is 75.8 Å². The normalized spacial score (nSPS) is 25.0. The zero-order valence-corrected chi connectivity index (χ0v) is 16.6. The van der Waals surface area contributed by atoms with Crippen LogP contribution in [-0.2, 0) is 4.79 Å². The van der Waals surface area contributed by atoms with E-state index in [0.717, 1.165) is 29.4 Å². The number of benzene rings is 3. The molecule has 0 radical (unpaired) electrons. The van der Waals surface area contributed by atoms with Gasteiger partial charge in [-0.25, -0.2) is 0 Å². The van der Waals surface area contributed by atoms with Crippen LogP contribution >= 0.6 is 0 Å². The molecule has 146 valence electrons. The van der Waals surface area contributed by atoms with Gasteiger partial charge in [0.1, 0.15) is 0 Å². The summed E-state index contributed by atoms with van der Waals surface area (Å²) >= 11 is 0. The van der Waals surface area contributed by atoms with Crippen LogP contribution < -0.4 is 10.6 Å². The van der Waals surface area contributed by atoms with E-state index in [1.165, 1.54) is 38.8 Å². The van der Waals surface area contributed by atoms with Crippen LogP contribution in [0.25, 0.3) is 27.6 Å². The lowest BCUT2D eigenvalue weighted by Crippen LogP contribution is -2.37. The molecule has 2 amide bonds. The van der Waals surface area contributed by atoms with E-state index in [1.54, 1.807) is 0 Å². The van der Waals surface area contributed by atoms with E-state index in [9.17, 15) is 9.59 Å². The fraction of sp³-hybridized carbons (Fsp3) is 0.231. The van der Waals surface area contributed by atoms with Crippen molar-refractivity contribution >= 4 is 28.3 Å². The van der Waals surface area contributed by atoms with Gasteiger partial charge in [-0.15, -0.1) is 0 Å². The molecule has 30 heavy (non-hydrogen) atoms. The molecule has 2 aliphatic carbocycles. The first-order valence-electron chi connectivity index (χ1n) is 10.6. The maximum absolute atomic E-state index is 12.7. The molecule has 0 fully saturated rings. The van der Waals surface area contributed by atoms with Gasteiger partial charge in [-0.1, -0.05) is 36.9 Å². The van der Waals surface area contributed by atoms with Gasteiger partial charge in [0.2, 0.25) is 5.91 Å². The van der Waals surface area contributed by atoms with E-state index >= 15 is 0 Å². The zero-order chi connectivity index (χ0) is 20.3. The first-order chi connectivity index (χ1) is 14.5. The second-order valence-electron chi connectivity index (χ2n) is 8.99. The lowest BCUT2D eigenvalue weighted by molar-refractivity contribution is -0.122. The van der Waals surface area contributed by atoms with Crippen molar-refractivity contribution in [1.82, 2.24) is 10.6 Å². The Labute approximate surface area is 174 Å². The molecule has 0 spiro atoms. The van der Waals surface area contributed by atoms with Gasteiger partial charge in [0, 0.05) is 28.1 Å². The molecular weight excluding hydrogens is 372 g/mol. The summed E-state index contributed by atoms with van der Waals surface area (Å²) in [6.45, 7) is 6.15. The van der Waals surface area contributed by atoms with Gasteiger partial charge in [-0.05, 0) is 64.6 Å². The third kappa shape index (κ3) is 1.75. The summed E-state index contributed by atoms with van der Waals surface area (Å²) in [5.41, 5.74) is 9.88. The fourth-order valence-electron chi connectivity index (χ4n) is 6.35. The molecule has 4 aliphatic rings. The molecule has 3 aromatic carbocycles. The summed E-state index contributed by atoms with van der Waals surface area (Å²) in [6, 6.07) is 12.8. The second-order valence-corrected chi connectivity index (χ2v) is 8.99. The number of hydrogen-bond acceptors (Lipinski definition) is 2. The molecule has 0 saturated carbocycles. The average molecular weight is 392 g/mol. The van der Waals surface area contributed by atoms with Crippen molar-refractivity contribution in [2.24, 2.45) is 0 Å². The molecule has 3 unspecified atom stereocenters. The molecule has 2 N–H and O–H groups in total. The quantitative estimate of drug-likeness (QED) is 0.581. The van der Waals surface area contributed by atoms with Gasteiger partial charge in [0.15, 0.2) is 0 Å². The third-order valence-corrected chi connectivity index (χ3v) is 7.59. The first-order valence-corrected chi connectivity index (χ1v) is 10.6. The van der Waals surface area contributed by atoms with Gasteiger partial charge in [0.25, 0.3) is 5.91 Å². The average Bonchev–Trinajstić information content (AvgIpc) is 2.74. The van der Waals surface area contributed by atoms with E-state index in [1.807, 2.05) is 13.0 Å². The molecule has 4 heteroatoms. The summed E-state index contributed by atoms with van der Waals surface area (Å²) in [4.78, 5) is 25.5. The molecule has 3 atom stereocenters. The van der Waals surface area contributed by atoms with Crippen molar-refractivity contribution in [2.45, 2.75) is 37.6 Å². The topological polar surface area (TPSA) is 58.2 Å². The number of amides is 2. The maximum Gasteiger partial charge on any atom is 0.252 e. The van der Waals surface area contributed by atoms with E-state index in [0.29, 0.717) is 5.70 Å². The molecule has 2 heterocycles. The monoisotopic (exact) mass is 392 g/mol. The van der Waals surface area contributed by atoms with Crippen LogP contribution in [-0.4, -0.2) is 11.8 Å². The van der Waals surface area contributed by atoms with E-state index in [-0.39, 0.29) is 29.7 Å². The summed E-state index contributed by atoms with van der Waals surface area (Å²) in [5.74, 6) is 0.228. The molecule has 7 rings (SSSR count). The minimum absolute atomic E-state index is 0.00184. The Morgan fingerprint density at radius 2 is 1.43 bits per heavy atom. The number of carbonyl (C=O) groups is 2. The molecule has 3 aromatic rings. The van der Waals surface area contributed by atoms with Crippen LogP contribution in [0.3, 0.4) is 0 Å². The number of carbonyl (C=O) groups excluding carboxylic acids is 2. The van der Waals surface area contributed by atoms with Gasteiger partial charge in [-0.2, -0.15) is 0 Å². The molecule has 0 aromatic heterocycles. The van der Waals surface area contributed by atoms with Gasteiger partial charge in [0.05, 0.1) is 12.0 Å². The van der Waals surface area contributed by atoms with E-state index in [4.69, 9.17) is 0 Å². The predicted octanol–water partition coefficient (Wildman–Crippen LogP) is 4.73. The second kappa shape index (κ2) is 5.20. The number of rotatable bonds is 0. The molecule has 0 bridgehead atoms. The Balaban J connectivity index is 1.64. The van der Waals surface area contributed by atoms with Crippen molar-refractivity contribution in [1.29, 1.82) is 0 Å². The van der Waals surface area contributed by atoms with E-state index in [2.05, 4.69) is 47.5 Å². The zero-order valence-electron chi connectivity index (χ0n) is 16.6. The highest BCUT2D eigenvalue weighted by molar-refractivity contribution is 6.16. The van der Waals surface area contributed by atoms with Crippen LogP contribution in [0, 0.1) is 0 Å². The molecular formula is C26H20N2O2. The van der Waals surface area contributed by atoms with Crippen molar-refractivity contribution in [3.05, 3.63) is 76.4 Å². The van der Waals surface area contributed by atoms with Gasteiger partial charge in [-0.3, -0.25) is 9.59 Å². The summed E-state index contributed by atoms with van der Waals surface area (Å²) in [7, 11) is 0. The van der Waals surface area contributed by atoms with Crippen molar-refractivity contribution in [2.75, 3.05) is 0 Å². The number of nitrogens with one attached hydrogen (secondary N) is 2. The standard InChI is InChI=1S/C26H20N2O2/c1-11-13-3-5-15-18-8-10-20-22-14(12(2)28-26(20)30)4-6-16(24(18)22)17-7-9-19(25(29)27-11)21(13)23(15)17/h3-6,8,10,12,17,19H,1,7,9H2,2H3,(H,27,29)(H,28,30). The number of fused-ring (bicyclic) bond motifs is 2. The Bertz CT molecular complexity index is 1380. The number of hydrogen-bond donors (Lipinski definition) is 2. The summed E-state index contributed by atoms with van der Waals surface area (Å²) in [5, 5.41) is 8.38. The minimum atomic E-state index is -0.100. The van der Waals surface area contributed by atoms with Crippen molar-refractivity contribution in [3.8, 4) is 11.1 Å². The minimum Gasteiger partial charge on any atom is -0.345 e. The Morgan fingerprint density at radius 3 is 2.30 bits per heavy atom. The van der Waals surface area contributed by atoms with Crippen LogP contribution in [0.4, 0.5) is 0 Å². The maximum atomic E-state index is 12.7. The van der Waals surface area contributed by atoms with Gasteiger partial charge < -0.3 is 10.6 Å². The van der Waals surface area contributed by atoms with Crippen LogP contribution in [0.15, 0.2) is 43.0 Å². The highest BCUT2D eigenvalue weighted by atomic mass is 16.2. The first kappa shape index (κ1) is 16.4. The Kier molecular flexibility index (Phi) is 2.84. The fourth-order valence-corrected chi connectivity index (χ4v) is 6.35. The molecule has 2 aliphatic heterocycles. The summed E-state index contributed by atoms with van der Waals surface area (Å²) in [6.07, 6.45) is 1.77. The van der Waals surface area contributed by atoms with Crippen molar-refractivity contribution < 1.29 is 9.59 Å². The van der Waals surface area contributed by atoms with Crippen LogP contribution in [0.2, 0.25) is 0 Å². The Hall–Kier alpha value is -3.40. The lowest BCUT2D eigenvalue weighted by Gasteiger charge is -2.41. The molecule has 4 nitrogen and oxygen atoms in total. The molecule has 0 saturated heterocycles. The largest absolute Gasteiger partial charge is 0.345 e. The predicted molar refractivity (Wildman–Crippen MR) is 116 cm³/mol. The van der Waals surface area contributed by atoms with E-state index < -0.39 is 0 Å². The van der Waals surface area contributed by atoms with Gasteiger partial charge >= 0.3 is 0 Å². The highest BCUT2D eigenvalue weighted by Crippen LogP contribution is 2.56. The SMILES string of the molecule is C=C1NC(=O)C2CCC3c4c(ccc1c42)-c1ccc2c4c(ccc3c14)C(C)NC2=O. The summed E-state index contributed by atoms with van der Waals surface area (Å²) < 4.78 is 0.